The molecule has 0 saturated heterocycles. The summed E-state index contributed by atoms with van der Waals surface area (Å²) in [5, 5.41) is 9.02. The molecule has 2 N–H and O–H groups in total. The molecule has 1 aromatic carbocycles. The third-order valence-electron chi connectivity index (χ3n) is 2.54. The molecule has 90 valence electrons. The fourth-order valence-corrected chi connectivity index (χ4v) is 1.86. The number of halogens is 3. The molecule has 0 bridgehead atoms. The van der Waals surface area contributed by atoms with Crippen LogP contribution in [0.15, 0.2) is 18.2 Å². The smallest absolute Gasteiger partial charge is 0.418 e. The molecule has 0 amide bonds. The van der Waals surface area contributed by atoms with Gasteiger partial charge in [-0.3, -0.25) is 0 Å². The van der Waals surface area contributed by atoms with Crippen LogP contribution in [0.3, 0.4) is 0 Å². The molecule has 0 unspecified atom stereocenters. The van der Waals surface area contributed by atoms with Crippen LogP contribution in [0.4, 0.5) is 13.2 Å². The number of carboxylic acids is 1. The molecule has 1 aromatic heterocycles. The summed E-state index contributed by atoms with van der Waals surface area (Å²) in [4.78, 5) is 13.4. The number of para-hydroxylation sites is 1. The van der Waals surface area contributed by atoms with Crippen LogP contribution in [-0.4, -0.2) is 16.1 Å². The molecule has 17 heavy (non-hydrogen) atoms. The molecule has 3 nitrogen and oxygen atoms in total. The number of alkyl halides is 3. The normalized spacial score (nSPS) is 12.0. The number of fused-ring (bicyclic) bond motifs is 1. The van der Waals surface area contributed by atoms with Gasteiger partial charge in [-0.15, -0.1) is 0 Å². The van der Waals surface area contributed by atoms with Crippen molar-refractivity contribution in [3.8, 4) is 0 Å². The lowest BCUT2D eigenvalue weighted by Gasteiger charge is -2.07. The second-order valence-electron chi connectivity index (χ2n) is 3.66. The van der Waals surface area contributed by atoms with E-state index in [1.807, 2.05) is 0 Å². The first-order chi connectivity index (χ1) is 7.82. The Morgan fingerprint density at radius 2 is 2.00 bits per heavy atom. The molecule has 2 aromatic rings. The Morgan fingerprint density at radius 1 is 1.35 bits per heavy atom. The zero-order valence-electron chi connectivity index (χ0n) is 8.72. The maximum Gasteiger partial charge on any atom is 0.418 e. The monoisotopic (exact) mass is 243 g/mol. The highest BCUT2D eigenvalue weighted by Gasteiger charge is 2.34. The van der Waals surface area contributed by atoms with E-state index in [1.54, 1.807) is 0 Å². The van der Waals surface area contributed by atoms with E-state index in [0.29, 0.717) is 0 Å². The van der Waals surface area contributed by atoms with Crippen molar-refractivity contribution in [3.63, 3.8) is 0 Å². The minimum absolute atomic E-state index is 0.0739. The molecule has 0 saturated carbocycles. The maximum atomic E-state index is 12.7. The van der Waals surface area contributed by atoms with E-state index in [-0.39, 0.29) is 22.2 Å². The third kappa shape index (κ3) is 1.75. The number of hydrogen-bond donors (Lipinski definition) is 2. The van der Waals surface area contributed by atoms with Crippen molar-refractivity contribution < 1.29 is 23.1 Å². The van der Waals surface area contributed by atoms with Crippen LogP contribution in [0.1, 0.15) is 21.6 Å². The second kappa shape index (κ2) is 3.51. The molecule has 0 aliphatic rings. The minimum atomic E-state index is -4.51. The summed E-state index contributed by atoms with van der Waals surface area (Å²) in [7, 11) is 0. The number of aromatic carboxylic acids is 1. The fourth-order valence-electron chi connectivity index (χ4n) is 1.86. The average Bonchev–Trinajstić information content (AvgIpc) is 2.51. The molecule has 6 heteroatoms. The van der Waals surface area contributed by atoms with E-state index < -0.39 is 17.7 Å². The molecule has 0 aliphatic carbocycles. The van der Waals surface area contributed by atoms with Crippen molar-refractivity contribution in [2.24, 2.45) is 0 Å². The number of aromatic nitrogens is 1. The first kappa shape index (κ1) is 11.5. The van der Waals surface area contributed by atoms with Gasteiger partial charge in [0, 0.05) is 11.1 Å². The molecule has 2 rings (SSSR count). The van der Waals surface area contributed by atoms with Crippen molar-refractivity contribution in [1.82, 2.24) is 4.98 Å². The van der Waals surface area contributed by atoms with Crippen molar-refractivity contribution in [2.75, 3.05) is 0 Å². The Hall–Kier alpha value is -1.98. The van der Waals surface area contributed by atoms with Gasteiger partial charge in [-0.05, 0) is 13.0 Å². The predicted molar refractivity (Wildman–Crippen MR) is 55.0 cm³/mol. The van der Waals surface area contributed by atoms with E-state index in [1.165, 1.54) is 19.1 Å². The highest BCUT2D eigenvalue weighted by molar-refractivity contribution is 6.05. The zero-order chi connectivity index (χ0) is 12.8. The van der Waals surface area contributed by atoms with Crippen LogP contribution < -0.4 is 0 Å². The summed E-state index contributed by atoms with van der Waals surface area (Å²) in [5.41, 5.74) is -0.948. The van der Waals surface area contributed by atoms with Gasteiger partial charge in [-0.2, -0.15) is 13.2 Å². The van der Waals surface area contributed by atoms with Gasteiger partial charge in [0.25, 0.3) is 0 Å². The Morgan fingerprint density at radius 3 is 2.53 bits per heavy atom. The van der Waals surface area contributed by atoms with Crippen LogP contribution in [0.25, 0.3) is 10.9 Å². The van der Waals surface area contributed by atoms with E-state index in [0.717, 1.165) is 6.07 Å². The van der Waals surface area contributed by atoms with Gasteiger partial charge in [0.1, 0.15) is 0 Å². The molecular weight excluding hydrogens is 235 g/mol. The number of nitrogens with one attached hydrogen (secondary N) is 1. The lowest BCUT2D eigenvalue weighted by Crippen LogP contribution is -2.05. The van der Waals surface area contributed by atoms with Crippen LogP contribution in [0.5, 0.6) is 0 Å². The highest BCUT2D eigenvalue weighted by atomic mass is 19.4. The summed E-state index contributed by atoms with van der Waals surface area (Å²) in [6.45, 7) is 1.43. The lowest BCUT2D eigenvalue weighted by atomic mass is 10.1. The molecule has 0 spiro atoms. The predicted octanol–water partition coefficient (Wildman–Crippen LogP) is 3.19. The van der Waals surface area contributed by atoms with E-state index in [9.17, 15) is 18.0 Å². The van der Waals surface area contributed by atoms with Crippen molar-refractivity contribution >= 4 is 16.9 Å². The standard InChI is InChI=1S/C11H8F3NO2/c1-5-8(10(16)17)6-3-2-4-7(9(6)15-5)11(12,13)14/h2-4,15H,1H3,(H,16,17). The molecule has 0 radical (unpaired) electrons. The maximum absolute atomic E-state index is 12.7. The Bertz CT molecular complexity index is 599. The van der Waals surface area contributed by atoms with Gasteiger partial charge < -0.3 is 10.1 Å². The quantitative estimate of drug-likeness (QED) is 0.808. The Balaban J connectivity index is 2.85. The number of aryl methyl sites for hydroxylation is 1. The van der Waals surface area contributed by atoms with Crippen LogP contribution in [0.2, 0.25) is 0 Å². The fraction of sp³-hybridized carbons (Fsp3) is 0.182. The van der Waals surface area contributed by atoms with Gasteiger partial charge in [-0.1, -0.05) is 12.1 Å². The number of hydrogen-bond acceptors (Lipinski definition) is 1. The molecule has 0 aliphatic heterocycles. The molecule has 1 heterocycles. The number of carbonyl (C=O) groups is 1. The first-order valence-electron chi connectivity index (χ1n) is 4.74. The third-order valence-corrected chi connectivity index (χ3v) is 2.54. The van der Waals surface area contributed by atoms with Crippen LogP contribution in [0, 0.1) is 6.92 Å². The Kier molecular flexibility index (Phi) is 2.38. The second-order valence-corrected chi connectivity index (χ2v) is 3.66. The van der Waals surface area contributed by atoms with Crippen molar-refractivity contribution in [1.29, 1.82) is 0 Å². The number of benzene rings is 1. The molecular formula is C11H8F3NO2. The lowest BCUT2D eigenvalue weighted by molar-refractivity contribution is -0.136. The topological polar surface area (TPSA) is 53.1 Å². The minimum Gasteiger partial charge on any atom is -0.478 e. The van der Waals surface area contributed by atoms with Crippen molar-refractivity contribution in [3.05, 3.63) is 35.0 Å². The van der Waals surface area contributed by atoms with E-state index >= 15 is 0 Å². The first-order valence-corrected chi connectivity index (χ1v) is 4.74. The van der Waals surface area contributed by atoms with Crippen molar-refractivity contribution in [2.45, 2.75) is 13.1 Å². The SMILES string of the molecule is Cc1[nH]c2c(C(F)(F)F)cccc2c1C(=O)O. The van der Waals surface area contributed by atoms with Gasteiger partial charge in [0.15, 0.2) is 0 Å². The largest absolute Gasteiger partial charge is 0.478 e. The number of carboxylic acid groups (broad SMARTS) is 1. The average molecular weight is 243 g/mol. The highest BCUT2D eigenvalue weighted by Crippen LogP contribution is 2.36. The number of aromatic amines is 1. The van der Waals surface area contributed by atoms with Gasteiger partial charge in [0.05, 0.1) is 16.6 Å². The zero-order valence-corrected chi connectivity index (χ0v) is 8.72. The summed E-state index contributed by atoms with van der Waals surface area (Å²) < 4.78 is 38.1. The van der Waals surface area contributed by atoms with Crippen LogP contribution >= 0.6 is 0 Å². The molecule has 0 atom stereocenters. The van der Waals surface area contributed by atoms with E-state index in [2.05, 4.69) is 4.98 Å². The number of H-pyrrole nitrogens is 1. The van der Waals surface area contributed by atoms with E-state index in [4.69, 9.17) is 5.11 Å². The van der Waals surface area contributed by atoms with Gasteiger partial charge >= 0.3 is 12.1 Å². The summed E-state index contributed by atoms with van der Waals surface area (Å²) in [6.07, 6.45) is -4.51. The Labute approximate surface area is 93.9 Å². The number of rotatable bonds is 1. The van der Waals surface area contributed by atoms with Crippen LogP contribution in [-0.2, 0) is 6.18 Å². The summed E-state index contributed by atoms with van der Waals surface area (Å²) in [6, 6.07) is 3.48. The van der Waals surface area contributed by atoms with Gasteiger partial charge in [-0.25, -0.2) is 4.79 Å². The molecule has 0 fully saturated rings. The van der Waals surface area contributed by atoms with Gasteiger partial charge in [0.2, 0.25) is 0 Å². The summed E-state index contributed by atoms with van der Waals surface area (Å²) >= 11 is 0. The summed E-state index contributed by atoms with van der Waals surface area (Å²) in [5.74, 6) is -1.24.